The van der Waals surface area contributed by atoms with Gasteiger partial charge in [-0.25, -0.2) is 9.59 Å². The number of nitrogens with zero attached hydrogens (tertiary/aromatic N) is 1. The van der Waals surface area contributed by atoms with Gasteiger partial charge in [0.15, 0.2) is 0 Å². The van der Waals surface area contributed by atoms with Crippen LogP contribution in [-0.4, -0.2) is 81.8 Å². The Bertz CT molecular complexity index is 1490. The van der Waals surface area contributed by atoms with Crippen molar-refractivity contribution in [2.75, 3.05) is 11.9 Å². The zero-order valence-corrected chi connectivity index (χ0v) is 26.8. The molecule has 14 heteroatoms. The van der Waals surface area contributed by atoms with Crippen molar-refractivity contribution in [3.8, 4) is 0 Å². The Kier molecular flexibility index (Phi) is 11.8. The van der Waals surface area contributed by atoms with Crippen LogP contribution in [0.5, 0.6) is 0 Å². The first-order valence-electron chi connectivity index (χ1n) is 15.1. The van der Waals surface area contributed by atoms with Crippen LogP contribution < -0.4 is 16.0 Å². The van der Waals surface area contributed by atoms with Gasteiger partial charge in [-0.15, -0.1) is 0 Å². The third-order valence-electron chi connectivity index (χ3n) is 7.32. The predicted octanol–water partition coefficient (Wildman–Crippen LogP) is 3.80. The van der Waals surface area contributed by atoms with E-state index in [4.69, 9.17) is 9.84 Å². The first-order chi connectivity index (χ1) is 21.9. The average Bonchev–Trinajstić information content (AvgIpc) is 3.49. The number of carbonyl (C=O) groups excluding carboxylic acids is 5. The monoisotopic (exact) mass is 658 g/mol. The minimum atomic E-state index is -4.64. The maximum absolute atomic E-state index is 15.4. The minimum absolute atomic E-state index is 0.140. The summed E-state index contributed by atoms with van der Waals surface area (Å²) in [6.07, 6.45) is -0.656. The minimum Gasteiger partial charge on any atom is -0.478 e. The number of ketones is 1. The number of hydrogen-bond acceptors (Lipinski definition) is 7. The number of ether oxygens (including phenoxy) is 1. The number of rotatable bonds is 12. The SMILES string of the molecule is CC(C)[C@H](NC(=O)OC(C)(C)C)C(=O)N1CCC[C@H]1C(=O)NC(Cc1ccccc1)C(=O)C(F)(F)C(=O)Nc1cccc(C(=O)O)c1. The van der Waals surface area contributed by atoms with Gasteiger partial charge in [-0.05, 0) is 63.3 Å². The lowest BCUT2D eigenvalue weighted by Gasteiger charge is -2.32. The average molecular weight is 659 g/mol. The first kappa shape index (κ1) is 36.6. The Hall–Kier alpha value is -4.88. The molecule has 0 aromatic heterocycles. The highest BCUT2D eigenvalue weighted by molar-refractivity contribution is 6.15. The number of benzene rings is 2. The lowest BCUT2D eigenvalue weighted by molar-refractivity contribution is -0.157. The van der Waals surface area contributed by atoms with Gasteiger partial charge in [0.05, 0.1) is 11.6 Å². The van der Waals surface area contributed by atoms with Gasteiger partial charge >= 0.3 is 23.9 Å². The number of anilines is 1. The molecule has 1 unspecified atom stereocenters. The van der Waals surface area contributed by atoms with Crippen molar-refractivity contribution >= 4 is 41.3 Å². The molecular weight excluding hydrogens is 618 g/mol. The molecule has 254 valence electrons. The van der Waals surface area contributed by atoms with Gasteiger partial charge in [-0.2, -0.15) is 8.78 Å². The molecule has 47 heavy (non-hydrogen) atoms. The number of likely N-dealkylation sites (tertiary alicyclic amines) is 1. The number of halogens is 2. The summed E-state index contributed by atoms with van der Waals surface area (Å²) in [5, 5.41) is 15.9. The number of Topliss-reactive ketones (excluding diaryl/α,β-unsaturated/α-hetero) is 1. The lowest BCUT2D eigenvalue weighted by Crippen LogP contribution is -2.59. The Morgan fingerprint density at radius 3 is 2.23 bits per heavy atom. The largest absolute Gasteiger partial charge is 0.478 e. The number of carboxylic acid groups (broad SMARTS) is 1. The molecule has 0 spiro atoms. The number of alkyl halides is 2. The molecule has 4 N–H and O–H groups in total. The van der Waals surface area contributed by atoms with E-state index in [0.717, 1.165) is 6.07 Å². The highest BCUT2D eigenvalue weighted by Crippen LogP contribution is 2.25. The van der Waals surface area contributed by atoms with Gasteiger partial charge in [-0.3, -0.25) is 19.2 Å². The van der Waals surface area contributed by atoms with Crippen molar-refractivity contribution in [2.24, 2.45) is 5.92 Å². The van der Waals surface area contributed by atoms with Crippen molar-refractivity contribution in [1.29, 1.82) is 0 Å². The maximum Gasteiger partial charge on any atom is 0.408 e. The van der Waals surface area contributed by atoms with E-state index < -0.39 is 77.6 Å². The summed E-state index contributed by atoms with van der Waals surface area (Å²) in [5.74, 6) is -11.8. The van der Waals surface area contributed by atoms with E-state index in [2.05, 4.69) is 10.6 Å². The second-order valence-corrected chi connectivity index (χ2v) is 12.6. The van der Waals surface area contributed by atoms with Gasteiger partial charge < -0.3 is 30.7 Å². The van der Waals surface area contributed by atoms with E-state index in [1.165, 1.54) is 23.1 Å². The Balaban J connectivity index is 1.83. The quantitative estimate of drug-likeness (QED) is 0.250. The van der Waals surface area contributed by atoms with Crippen LogP contribution in [0.3, 0.4) is 0 Å². The van der Waals surface area contributed by atoms with Crippen LogP contribution in [0, 0.1) is 5.92 Å². The number of hydrogen-bond donors (Lipinski definition) is 4. The van der Waals surface area contributed by atoms with Crippen molar-refractivity contribution in [3.05, 3.63) is 65.7 Å². The van der Waals surface area contributed by atoms with Crippen molar-refractivity contribution in [2.45, 2.75) is 83.5 Å². The molecule has 3 rings (SSSR count). The van der Waals surface area contributed by atoms with Crippen LogP contribution in [-0.2, 0) is 30.3 Å². The van der Waals surface area contributed by atoms with Gasteiger partial charge in [0.1, 0.15) is 17.7 Å². The van der Waals surface area contributed by atoms with Gasteiger partial charge in [0.25, 0.3) is 0 Å². The molecule has 0 bridgehead atoms. The normalized spacial score (nSPS) is 16.2. The smallest absolute Gasteiger partial charge is 0.408 e. The highest BCUT2D eigenvalue weighted by atomic mass is 19.3. The molecular formula is C33H40F2N4O8. The van der Waals surface area contributed by atoms with Crippen molar-refractivity contribution in [1.82, 2.24) is 15.5 Å². The third-order valence-corrected chi connectivity index (χ3v) is 7.32. The Morgan fingerprint density at radius 2 is 1.64 bits per heavy atom. The molecule has 1 aliphatic heterocycles. The van der Waals surface area contributed by atoms with Crippen molar-refractivity contribution < 1.29 is 47.4 Å². The van der Waals surface area contributed by atoms with E-state index >= 15 is 8.78 Å². The van der Waals surface area contributed by atoms with Crippen LogP contribution in [0.2, 0.25) is 0 Å². The molecule has 1 saturated heterocycles. The predicted molar refractivity (Wildman–Crippen MR) is 167 cm³/mol. The van der Waals surface area contributed by atoms with Crippen LogP contribution in [0.1, 0.15) is 63.4 Å². The number of carboxylic acids is 1. The molecule has 0 saturated carbocycles. The molecule has 2 aromatic rings. The van der Waals surface area contributed by atoms with Crippen LogP contribution in [0.15, 0.2) is 54.6 Å². The van der Waals surface area contributed by atoms with Gasteiger partial charge in [-0.1, -0.05) is 50.2 Å². The first-order valence-corrected chi connectivity index (χ1v) is 15.1. The van der Waals surface area contributed by atoms with E-state index in [9.17, 15) is 28.8 Å². The molecule has 1 fully saturated rings. The second-order valence-electron chi connectivity index (χ2n) is 12.6. The number of aromatic carboxylic acids is 1. The topological polar surface area (TPSA) is 171 Å². The summed E-state index contributed by atoms with van der Waals surface area (Å²) in [7, 11) is 0. The summed E-state index contributed by atoms with van der Waals surface area (Å²) in [6.45, 7) is 8.53. The molecule has 3 atom stereocenters. The van der Waals surface area contributed by atoms with E-state index in [1.54, 1.807) is 65.0 Å². The molecule has 4 amide bonds. The summed E-state index contributed by atoms with van der Waals surface area (Å²) in [5.41, 5.74) is -0.960. The molecule has 1 aliphatic rings. The summed E-state index contributed by atoms with van der Waals surface area (Å²) in [4.78, 5) is 78.1. The van der Waals surface area contributed by atoms with E-state index in [0.29, 0.717) is 12.0 Å². The van der Waals surface area contributed by atoms with Crippen LogP contribution in [0.25, 0.3) is 0 Å². The van der Waals surface area contributed by atoms with Crippen LogP contribution in [0.4, 0.5) is 19.3 Å². The summed E-state index contributed by atoms with van der Waals surface area (Å²) < 4.78 is 36.1. The Labute approximate surface area is 271 Å². The van der Waals surface area contributed by atoms with Gasteiger partial charge in [0, 0.05) is 18.7 Å². The Morgan fingerprint density at radius 1 is 0.979 bits per heavy atom. The fourth-order valence-corrected chi connectivity index (χ4v) is 5.03. The maximum atomic E-state index is 15.4. The zero-order chi connectivity index (χ0) is 35.1. The second kappa shape index (κ2) is 15.1. The molecule has 12 nitrogen and oxygen atoms in total. The highest BCUT2D eigenvalue weighted by Gasteiger charge is 2.51. The number of nitrogens with one attached hydrogen (secondary N) is 3. The van der Waals surface area contributed by atoms with Gasteiger partial charge in [0.2, 0.25) is 17.6 Å². The number of alkyl carbamates (subject to hydrolysis) is 1. The van der Waals surface area contributed by atoms with Crippen LogP contribution >= 0.6 is 0 Å². The fraction of sp³-hybridized carbons (Fsp3) is 0.455. The number of amides is 4. The molecule has 0 aliphatic carbocycles. The molecule has 1 heterocycles. The molecule has 0 radical (unpaired) electrons. The fourth-order valence-electron chi connectivity index (χ4n) is 5.03. The molecule has 2 aromatic carbocycles. The number of carbonyl (C=O) groups is 6. The van der Waals surface area contributed by atoms with E-state index in [-0.39, 0.29) is 24.2 Å². The summed E-state index contributed by atoms with van der Waals surface area (Å²) >= 11 is 0. The van der Waals surface area contributed by atoms with E-state index in [1.807, 2.05) is 5.32 Å². The zero-order valence-electron chi connectivity index (χ0n) is 26.8. The standard InChI is InChI=1S/C33H40F2N4O8/c1-19(2)25(38-31(46)47-32(3,4)5)28(42)39-16-10-15-24(39)27(41)37-23(17-20-11-7-6-8-12-20)26(40)33(34,35)30(45)36-22-14-9-13-21(18-22)29(43)44/h6-9,11-14,18-19,23-25H,10,15-17H2,1-5H3,(H,36,45)(H,37,41)(H,38,46)(H,43,44)/t23?,24-,25-/m0/s1. The lowest BCUT2D eigenvalue weighted by atomic mass is 9.97. The van der Waals surface area contributed by atoms with Crippen molar-refractivity contribution in [3.63, 3.8) is 0 Å². The summed E-state index contributed by atoms with van der Waals surface area (Å²) in [6, 6.07) is 8.49. The third kappa shape index (κ3) is 9.80.